The Morgan fingerprint density at radius 1 is 1.03 bits per heavy atom. The molecule has 0 saturated carbocycles. The molecule has 1 aromatic heterocycles. The summed E-state index contributed by atoms with van der Waals surface area (Å²) in [5.74, 6) is -5.00. The van der Waals surface area contributed by atoms with Crippen molar-refractivity contribution < 1.29 is 27.9 Å². The molecule has 1 aliphatic carbocycles. The predicted octanol–water partition coefficient (Wildman–Crippen LogP) is 4.89. The molecule has 0 unspecified atom stereocenters. The minimum atomic E-state index is -1.27. The van der Waals surface area contributed by atoms with Crippen molar-refractivity contribution >= 4 is 23.5 Å². The van der Waals surface area contributed by atoms with Gasteiger partial charge in [-0.25, -0.2) is 18.0 Å². The predicted molar refractivity (Wildman–Crippen MR) is 102 cm³/mol. The van der Waals surface area contributed by atoms with E-state index in [1.54, 1.807) is 0 Å². The van der Waals surface area contributed by atoms with Crippen LogP contribution in [0.15, 0.2) is 30.3 Å². The minimum absolute atomic E-state index is 0.0374. The van der Waals surface area contributed by atoms with Crippen molar-refractivity contribution in [3.05, 3.63) is 75.2 Å². The van der Waals surface area contributed by atoms with Crippen LogP contribution in [-0.2, 0) is 12.8 Å². The molecule has 5 nitrogen and oxygen atoms in total. The van der Waals surface area contributed by atoms with E-state index in [4.69, 9.17) is 16.7 Å². The van der Waals surface area contributed by atoms with Crippen LogP contribution in [0.2, 0.25) is 5.02 Å². The number of carbonyl (C=O) groups excluding carboxylic acids is 1. The molecular formula is C21H14ClF3N2O3. The van der Waals surface area contributed by atoms with Gasteiger partial charge >= 0.3 is 5.97 Å². The highest BCUT2D eigenvalue weighted by Crippen LogP contribution is 2.34. The Hall–Kier alpha value is -3.13. The van der Waals surface area contributed by atoms with E-state index < -0.39 is 39.9 Å². The summed E-state index contributed by atoms with van der Waals surface area (Å²) in [6.07, 6.45) is 2.53. The molecule has 4 rings (SSSR count). The molecule has 0 radical (unpaired) electrons. The number of carbonyl (C=O) groups is 2. The number of hydrogen-bond donors (Lipinski definition) is 1. The average molecular weight is 435 g/mol. The molecule has 0 amide bonds. The first-order valence-electron chi connectivity index (χ1n) is 9.11. The second-order valence-electron chi connectivity index (χ2n) is 6.94. The summed E-state index contributed by atoms with van der Waals surface area (Å²) in [5.41, 5.74) is 0.613. The second-order valence-corrected chi connectivity index (χ2v) is 7.35. The lowest BCUT2D eigenvalue weighted by molar-refractivity contribution is 0.0696. The number of benzene rings is 2. The van der Waals surface area contributed by atoms with Crippen LogP contribution < -0.4 is 0 Å². The summed E-state index contributed by atoms with van der Waals surface area (Å²) in [5, 5.41) is 12.9. The maximum Gasteiger partial charge on any atom is 0.335 e. The Morgan fingerprint density at radius 2 is 1.77 bits per heavy atom. The lowest BCUT2D eigenvalue weighted by Crippen LogP contribution is -2.20. The van der Waals surface area contributed by atoms with Gasteiger partial charge in [0, 0.05) is 17.2 Å². The quantitative estimate of drug-likeness (QED) is 0.637. The van der Waals surface area contributed by atoms with E-state index in [1.807, 2.05) is 0 Å². The summed E-state index contributed by atoms with van der Waals surface area (Å²) in [7, 11) is 0. The smallest absolute Gasteiger partial charge is 0.335 e. The number of fused-ring (bicyclic) bond motifs is 1. The number of nitrogens with zero attached hydrogens (tertiary/aromatic N) is 2. The van der Waals surface area contributed by atoms with Crippen LogP contribution >= 0.6 is 11.6 Å². The second kappa shape index (κ2) is 7.60. The van der Waals surface area contributed by atoms with Crippen LogP contribution in [0.3, 0.4) is 0 Å². The lowest BCUT2D eigenvalue weighted by Gasteiger charge is -2.14. The topological polar surface area (TPSA) is 72.2 Å². The van der Waals surface area contributed by atoms with Crippen molar-refractivity contribution in [1.82, 2.24) is 9.78 Å². The van der Waals surface area contributed by atoms with Crippen molar-refractivity contribution in [2.45, 2.75) is 25.7 Å². The van der Waals surface area contributed by atoms with Crippen LogP contribution in [-0.4, -0.2) is 26.8 Å². The fourth-order valence-corrected chi connectivity index (χ4v) is 3.95. The Kier molecular flexibility index (Phi) is 5.11. The van der Waals surface area contributed by atoms with E-state index in [-0.39, 0.29) is 16.8 Å². The standard InChI is InChI=1S/C21H14ClF3N2O3/c22-14-8-11(23)9-16(25)18(14)20(28)27-17-4-2-1-3-13(17)19(26-27)12-6-5-10(21(29)30)7-15(12)24/h5-9H,1-4H2,(H,29,30). The van der Waals surface area contributed by atoms with Gasteiger partial charge in [0.15, 0.2) is 0 Å². The molecule has 0 saturated heterocycles. The van der Waals surface area contributed by atoms with E-state index in [0.29, 0.717) is 30.2 Å². The lowest BCUT2D eigenvalue weighted by atomic mass is 9.93. The molecule has 1 heterocycles. The fourth-order valence-electron chi connectivity index (χ4n) is 3.68. The highest BCUT2D eigenvalue weighted by Gasteiger charge is 2.29. The van der Waals surface area contributed by atoms with E-state index in [1.165, 1.54) is 12.1 Å². The highest BCUT2D eigenvalue weighted by molar-refractivity contribution is 6.34. The third kappa shape index (κ3) is 3.37. The molecule has 0 atom stereocenters. The molecule has 0 bridgehead atoms. The van der Waals surface area contributed by atoms with Gasteiger partial charge in [-0.15, -0.1) is 0 Å². The fraction of sp³-hybridized carbons (Fsp3) is 0.190. The number of halogens is 4. The molecule has 3 aromatic rings. The van der Waals surface area contributed by atoms with Crippen LogP contribution in [0.5, 0.6) is 0 Å². The first-order chi connectivity index (χ1) is 14.3. The van der Waals surface area contributed by atoms with E-state index >= 15 is 0 Å². The number of rotatable bonds is 3. The van der Waals surface area contributed by atoms with Crippen molar-refractivity contribution in [2.24, 2.45) is 0 Å². The Bertz CT molecular complexity index is 1180. The number of aromatic carboxylic acids is 1. The van der Waals surface area contributed by atoms with Gasteiger partial charge in [0.1, 0.15) is 17.5 Å². The largest absolute Gasteiger partial charge is 0.478 e. The number of hydrogen-bond acceptors (Lipinski definition) is 3. The van der Waals surface area contributed by atoms with E-state index in [2.05, 4.69) is 5.10 Å². The van der Waals surface area contributed by atoms with Crippen molar-refractivity contribution in [3.63, 3.8) is 0 Å². The van der Waals surface area contributed by atoms with Gasteiger partial charge in [0.05, 0.1) is 27.5 Å². The normalized spacial score (nSPS) is 13.2. The molecule has 2 aromatic carbocycles. The van der Waals surface area contributed by atoms with Gasteiger partial charge in [-0.05, 0) is 49.9 Å². The molecular weight excluding hydrogens is 421 g/mol. The number of carboxylic acids is 1. The Morgan fingerprint density at radius 3 is 2.43 bits per heavy atom. The van der Waals surface area contributed by atoms with Crippen LogP contribution in [0.4, 0.5) is 13.2 Å². The monoisotopic (exact) mass is 434 g/mol. The van der Waals surface area contributed by atoms with Gasteiger partial charge in [0.2, 0.25) is 0 Å². The summed E-state index contributed by atoms with van der Waals surface area (Å²) in [4.78, 5) is 24.1. The number of carboxylic acid groups (broad SMARTS) is 1. The van der Waals surface area contributed by atoms with Gasteiger partial charge < -0.3 is 5.11 Å². The molecule has 0 spiro atoms. The van der Waals surface area contributed by atoms with Crippen LogP contribution in [0.1, 0.15) is 44.8 Å². The van der Waals surface area contributed by atoms with Gasteiger partial charge in [-0.2, -0.15) is 9.78 Å². The van der Waals surface area contributed by atoms with Gasteiger partial charge in [0.25, 0.3) is 5.91 Å². The van der Waals surface area contributed by atoms with Gasteiger partial charge in [-0.1, -0.05) is 11.6 Å². The van der Waals surface area contributed by atoms with Crippen molar-refractivity contribution in [1.29, 1.82) is 0 Å². The van der Waals surface area contributed by atoms with Gasteiger partial charge in [-0.3, -0.25) is 4.79 Å². The first-order valence-corrected chi connectivity index (χ1v) is 9.49. The number of aromatic nitrogens is 2. The zero-order chi connectivity index (χ0) is 21.6. The zero-order valence-corrected chi connectivity index (χ0v) is 16.1. The zero-order valence-electron chi connectivity index (χ0n) is 15.4. The third-order valence-corrected chi connectivity index (χ3v) is 5.36. The minimum Gasteiger partial charge on any atom is -0.478 e. The molecule has 30 heavy (non-hydrogen) atoms. The van der Waals surface area contributed by atoms with E-state index in [9.17, 15) is 22.8 Å². The highest BCUT2D eigenvalue weighted by atomic mass is 35.5. The molecule has 154 valence electrons. The Labute approximate surface area is 173 Å². The maximum absolute atomic E-state index is 14.7. The summed E-state index contributed by atoms with van der Waals surface area (Å²) in [6, 6.07) is 4.80. The average Bonchev–Trinajstić information content (AvgIpc) is 3.06. The SMILES string of the molecule is O=C(O)c1ccc(-c2nn(C(=O)c3c(F)cc(F)cc3Cl)c3c2CCCC3)c(F)c1. The molecule has 1 N–H and O–H groups in total. The first kappa shape index (κ1) is 20.2. The molecule has 0 fully saturated rings. The van der Waals surface area contributed by atoms with Crippen molar-refractivity contribution in [3.8, 4) is 11.3 Å². The van der Waals surface area contributed by atoms with Crippen LogP contribution in [0, 0.1) is 17.5 Å². The van der Waals surface area contributed by atoms with E-state index in [0.717, 1.165) is 29.7 Å². The van der Waals surface area contributed by atoms with Crippen LogP contribution in [0.25, 0.3) is 11.3 Å². The molecule has 1 aliphatic rings. The summed E-state index contributed by atoms with van der Waals surface area (Å²) >= 11 is 5.90. The Balaban J connectivity index is 1.87. The molecule has 9 heteroatoms. The summed E-state index contributed by atoms with van der Waals surface area (Å²) in [6.45, 7) is 0. The molecule has 0 aliphatic heterocycles. The maximum atomic E-state index is 14.7. The third-order valence-electron chi connectivity index (χ3n) is 5.06. The summed E-state index contributed by atoms with van der Waals surface area (Å²) < 4.78 is 43.3. The van der Waals surface area contributed by atoms with Crippen molar-refractivity contribution in [2.75, 3.05) is 0 Å².